The van der Waals surface area contributed by atoms with Gasteiger partial charge in [-0.25, -0.2) is 0 Å². The van der Waals surface area contributed by atoms with Crippen molar-refractivity contribution in [3.8, 4) is 0 Å². The Bertz CT molecular complexity index is 86.5. The maximum Gasteiger partial charge on any atom is 0.00727 e. The van der Waals surface area contributed by atoms with E-state index in [0.29, 0.717) is 0 Å². The van der Waals surface area contributed by atoms with Crippen LogP contribution in [0.2, 0.25) is 0 Å². The molecule has 0 aromatic carbocycles. The molecule has 1 aliphatic heterocycles. The van der Waals surface area contributed by atoms with Crippen molar-refractivity contribution in [2.45, 2.75) is 6.42 Å². The van der Waals surface area contributed by atoms with E-state index in [9.17, 15) is 0 Å². The molecule has 1 aliphatic rings. The molecule has 0 amide bonds. The molecular formula is C7H17ClN2S. The molecule has 1 rings (SSSR count). The fourth-order valence-corrected chi connectivity index (χ4v) is 2.12. The molecule has 1 saturated heterocycles. The van der Waals surface area contributed by atoms with Crippen molar-refractivity contribution in [3.63, 3.8) is 0 Å². The Balaban J connectivity index is 0.000001000. The topological polar surface area (TPSA) is 29.3 Å². The lowest BCUT2D eigenvalue weighted by Crippen LogP contribution is -2.34. The number of rotatable bonds is 3. The van der Waals surface area contributed by atoms with Gasteiger partial charge in [-0.2, -0.15) is 11.8 Å². The van der Waals surface area contributed by atoms with Crippen LogP contribution in [0.15, 0.2) is 0 Å². The Hall–Kier alpha value is 0.560. The Morgan fingerprint density at radius 1 is 1.27 bits per heavy atom. The first-order valence-corrected chi connectivity index (χ1v) is 5.09. The van der Waals surface area contributed by atoms with Gasteiger partial charge in [-0.15, -0.1) is 12.4 Å². The van der Waals surface area contributed by atoms with Gasteiger partial charge < -0.3 is 10.6 Å². The van der Waals surface area contributed by atoms with Gasteiger partial charge in [-0.1, -0.05) is 0 Å². The summed E-state index contributed by atoms with van der Waals surface area (Å²) in [5.74, 6) is 2.62. The average Bonchev–Trinajstić information content (AvgIpc) is 2.03. The largest absolute Gasteiger partial charge is 0.330 e. The molecular weight excluding hydrogens is 180 g/mol. The average molecular weight is 197 g/mol. The van der Waals surface area contributed by atoms with Crippen LogP contribution >= 0.6 is 24.2 Å². The van der Waals surface area contributed by atoms with Crippen LogP contribution in [0.3, 0.4) is 0 Å². The van der Waals surface area contributed by atoms with Crippen molar-refractivity contribution in [1.29, 1.82) is 0 Å². The predicted octanol–water partition coefficient (Wildman–Crippen LogP) is 0.806. The predicted molar refractivity (Wildman–Crippen MR) is 54.7 cm³/mol. The second-order valence-corrected chi connectivity index (χ2v) is 3.82. The molecule has 68 valence electrons. The van der Waals surface area contributed by atoms with E-state index in [0.717, 1.165) is 13.0 Å². The molecule has 0 radical (unpaired) electrons. The number of hydrogen-bond donors (Lipinski definition) is 1. The minimum absolute atomic E-state index is 0. The van der Waals surface area contributed by atoms with Gasteiger partial charge in [0.05, 0.1) is 0 Å². The molecule has 0 bridgehead atoms. The summed E-state index contributed by atoms with van der Waals surface area (Å²) >= 11 is 2.06. The molecule has 0 spiro atoms. The quantitative estimate of drug-likeness (QED) is 0.725. The molecule has 0 aromatic heterocycles. The Labute approximate surface area is 79.3 Å². The molecule has 11 heavy (non-hydrogen) atoms. The highest BCUT2D eigenvalue weighted by molar-refractivity contribution is 7.99. The Morgan fingerprint density at radius 3 is 2.45 bits per heavy atom. The number of nitrogens with zero attached hydrogens (tertiary/aromatic N) is 1. The third-order valence-corrected chi connectivity index (χ3v) is 2.72. The van der Waals surface area contributed by atoms with Crippen LogP contribution in [0.4, 0.5) is 0 Å². The molecule has 0 atom stereocenters. The lowest BCUT2D eigenvalue weighted by molar-refractivity contribution is 0.300. The van der Waals surface area contributed by atoms with Gasteiger partial charge in [0.15, 0.2) is 0 Å². The molecule has 4 heteroatoms. The summed E-state index contributed by atoms with van der Waals surface area (Å²) in [6.07, 6.45) is 1.16. The lowest BCUT2D eigenvalue weighted by Gasteiger charge is -2.25. The molecule has 2 nitrogen and oxygen atoms in total. The SMILES string of the molecule is Cl.NCCCN1CCSCC1. The number of nitrogens with two attached hydrogens (primary N) is 1. The van der Waals surface area contributed by atoms with Crippen LogP contribution in [0.25, 0.3) is 0 Å². The first kappa shape index (κ1) is 11.6. The smallest absolute Gasteiger partial charge is 0.00727 e. The second-order valence-electron chi connectivity index (χ2n) is 2.60. The summed E-state index contributed by atoms with van der Waals surface area (Å²) < 4.78 is 0. The summed E-state index contributed by atoms with van der Waals surface area (Å²) in [7, 11) is 0. The summed E-state index contributed by atoms with van der Waals surface area (Å²) in [6, 6.07) is 0. The fraction of sp³-hybridized carbons (Fsp3) is 1.00. The van der Waals surface area contributed by atoms with Crippen LogP contribution in [0, 0.1) is 0 Å². The molecule has 0 saturated carbocycles. The zero-order chi connectivity index (χ0) is 7.23. The third-order valence-electron chi connectivity index (χ3n) is 1.78. The van der Waals surface area contributed by atoms with Crippen molar-refractivity contribution >= 4 is 24.2 Å². The van der Waals surface area contributed by atoms with E-state index < -0.39 is 0 Å². The molecule has 0 unspecified atom stereocenters. The maximum absolute atomic E-state index is 5.41. The molecule has 2 N–H and O–H groups in total. The van der Waals surface area contributed by atoms with Crippen LogP contribution in [0.5, 0.6) is 0 Å². The van der Waals surface area contributed by atoms with Crippen molar-refractivity contribution in [2.24, 2.45) is 5.73 Å². The number of thioether (sulfide) groups is 1. The lowest BCUT2D eigenvalue weighted by atomic mass is 10.4. The van der Waals surface area contributed by atoms with Crippen molar-refractivity contribution < 1.29 is 0 Å². The van der Waals surface area contributed by atoms with E-state index in [1.807, 2.05) is 0 Å². The van der Waals surface area contributed by atoms with Gasteiger partial charge >= 0.3 is 0 Å². The Morgan fingerprint density at radius 2 is 1.91 bits per heavy atom. The highest BCUT2D eigenvalue weighted by atomic mass is 35.5. The second kappa shape index (κ2) is 7.22. The monoisotopic (exact) mass is 196 g/mol. The highest BCUT2D eigenvalue weighted by Crippen LogP contribution is 2.08. The normalized spacial score (nSPS) is 19.4. The number of hydrogen-bond acceptors (Lipinski definition) is 3. The van der Waals surface area contributed by atoms with E-state index in [-0.39, 0.29) is 12.4 Å². The van der Waals surface area contributed by atoms with E-state index >= 15 is 0 Å². The summed E-state index contributed by atoms with van der Waals surface area (Å²) in [6.45, 7) is 4.58. The van der Waals surface area contributed by atoms with E-state index in [4.69, 9.17) is 5.73 Å². The standard InChI is InChI=1S/C7H16N2S.ClH/c8-2-1-3-9-4-6-10-7-5-9;/h1-8H2;1H. The number of halogens is 1. The van der Waals surface area contributed by atoms with Crippen molar-refractivity contribution in [1.82, 2.24) is 4.90 Å². The molecule has 1 heterocycles. The van der Waals surface area contributed by atoms with Crippen molar-refractivity contribution in [3.05, 3.63) is 0 Å². The van der Waals surface area contributed by atoms with Crippen LogP contribution in [-0.2, 0) is 0 Å². The van der Waals surface area contributed by atoms with Crippen LogP contribution in [-0.4, -0.2) is 42.6 Å². The van der Waals surface area contributed by atoms with Gasteiger partial charge in [0.1, 0.15) is 0 Å². The Kier molecular flexibility index (Phi) is 7.59. The maximum atomic E-state index is 5.41. The highest BCUT2D eigenvalue weighted by Gasteiger charge is 2.08. The minimum Gasteiger partial charge on any atom is -0.330 e. The first-order chi connectivity index (χ1) is 4.93. The van der Waals surface area contributed by atoms with Gasteiger partial charge in [0.25, 0.3) is 0 Å². The van der Waals surface area contributed by atoms with Gasteiger partial charge in [-0.05, 0) is 19.5 Å². The molecule has 0 aliphatic carbocycles. The van der Waals surface area contributed by atoms with E-state index in [1.54, 1.807) is 0 Å². The van der Waals surface area contributed by atoms with E-state index in [1.165, 1.54) is 31.1 Å². The summed E-state index contributed by atoms with van der Waals surface area (Å²) in [5.41, 5.74) is 5.41. The van der Waals surface area contributed by atoms with Crippen molar-refractivity contribution in [2.75, 3.05) is 37.7 Å². The first-order valence-electron chi connectivity index (χ1n) is 3.93. The molecule has 1 fully saturated rings. The van der Waals surface area contributed by atoms with Gasteiger partial charge in [0.2, 0.25) is 0 Å². The summed E-state index contributed by atoms with van der Waals surface area (Å²) in [5, 5.41) is 0. The molecule has 0 aromatic rings. The zero-order valence-corrected chi connectivity index (χ0v) is 8.42. The van der Waals surface area contributed by atoms with Crippen LogP contribution in [0.1, 0.15) is 6.42 Å². The fourth-order valence-electron chi connectivity index (χ4n) is 1.14. The zero-order valence-electron chi connectivity index (χ0n) is 6.79. The van der Waals surface area contributed by atoms with Gasteiger partial charge in [0, 0.05) is 24.6 Å². The van der Waals surface area contributed by atoms with E-state index in [2.05, 4.69) is 16.7 Å². The third kappa shape index (κ3) is 4.90. The minimum atomic E-state index is 0. The van der Waals surface area contributed by atoms with Crippen LogP contribution < -0.4 is 5.73 Å². The van der Waals surface area contributed by atoms with Gasteiger partial charge in [-0.3, -0.25) is 0 Å². The summed E-state index contributed by atoms with van der Waals surface area (Å²) in [4.78, 5) is 2.50.